The van der Waals surface area contributed by atoms with Gasteiger partial charge in [0.15, 0.2) is 0 Å². The summed E-state index contributed by atoms with van der Waals surface area (Å²) < 4.78 is 1.88. The summed E-state index contributed by atoms with van der Waals surface area (Å²) in [5, 5.41) is 7.49. The van der Waals surface area contributed by atoms with Crippen LogP contribution in [0.3, 0.4) is 0 Å². The molecule has 23 heavy (non-hydrogen) atoms. The van der Waals surface area contributed by atoms with Gasteiger partial charge in [0.05, 0.1) is 16.8 Å². The highest BCUT2D eigenvalue weighted by molar-refractivity contribution is 5.95. The Morgan fingerprint density at radius 2 is 1.96 bits per heavy atom. The van der Waals surface area contributed by atoms with Gasteiger partial charge in [-0.25, -0.2) is 4.68 Å². The van der Waals surface area contributed by atoms with Crippen molar-refractivity contribution in [2.45, 2.75) is 40.5 Å². The summed E-state index contributed by atoms with van der Waals surface area (Å²) >= 11 is 0. The first-order valence-corrected chi connectivity index (χ1v) is 8.11. The number of rotatable bonds is 6. The number of nitrogens with two attached hydrogens (primary N) is 1. The maximum atomic E-state index is 12.6. The summed E-state index contributed by atoms with van der Waals surface area (Å²) in [6, 6.07) is 9.75. The van der Waals surface area contributed by atoms with E-state index in [9.17, 15) is 4.79 Å². The highest BCUT2D eigenvalue weighted by atomic mass is 16.2. The third-order valence-corrected chi connectivity index (χ3v) is 4.58. The molecule has 0 unspecified atom stereocenters. The van der Waals surface area contributed by atoms with E-state index in [0.717, 1.165) is 35.6 Å². The maximum Gasteiger partial charge on any atom is 0.231 e. The van der Waals surface area contributed by atoms with Crippen LogP contribution in [0.1, 0.15) is 38.1 Å². The molecule has 0 saturated heterocycles. The number of carbonyl (C=O) groups excluding carboxylic acids is 1. The van der Waals surface area contributed by atoms with Crippen molar-refractivity contribution in [2.75, 3.05) is 11.9 Å². The largest absolute Gasteiger partial charge is 0.329 e. The molecule has 1 aromatic carbocycles. The van der Waals surface area contributed by atoms with Crippen LogP contribution in [-0.2, 0) is 4.79 Å². The number of amides is 1. The zero-order valence-electron chi connectivity index (χ0n) is 14.4. The summed E-state index contributed by atoms with van der Waals surface area (Å²) in [7, 11) is 0. The van der Waals surface area contributed by atoms with Gasteiger partial charge in [0.2, 0.25) is 5.91 Å². The minimum atomic E-state index is -0.506. The lowest BCUT2D eigenvalue weighted by Crippen LogP contribution is -2.41. The maximum absolute atomic E-state index is 12.6. The molecule has 124 valence electrons. The quantitative estimate of drug-likeness (QED) is 0.860. The first-order valence-electron chi connectivity index (χ1n) is 8.11. The van der Waals surface area contributed by atoms with Crippen molar-refractivity contribution in [3.8, 4) is 5.69 Å². The lowest BCUT2D eigenvalue weighted by molar-refractivity contribution is -0.125. The van der Waals surface area contributed by atoms with E-state index in [1.54, 1.807) is 0 Å². The number of carbonyl (C=O) groups is 1. The fraction of sp³-hybridized carbons (Fsp3) is 0.444. The van der Waals surface area contributed by atoms with Crippen molar-refractivity contribution in [2.24, 2.45) is 11.1 Å². The van der Waals surface area contributed by atoms with Crippen LogP contribution in [0.25, 0.3) is 5.69 Å². The molecule has 1 heterocycles. The van der Waals surface area contributed by atoms with E-state index in [2.05, 4.69) is 10.4 Å². The van der Waals surface area contributed by atoms with Crippen molar-refractivity contribution in [3.63, 3.8) is 0 Å². The van der Waals surface area contributed by atoms with Gasteiger partial charge in [-0.2, -0.15) is 5.10 Å². The summed E-state index contributed by atoms with van der Waals surface area (Å²) in [6.45, 7) is 8.33. The van der Waals surface area contributed by atoms with Gasteiger partial charge < -0.3 is 11.1 Å². The Bertz CT molecular complexity index is 678. The molecule has 0 atom stereocenters. The lowest BCUT2D eigenvalue weighted by atomic mass is 9.81. The van der Waals surface area contributed by atoms with Gasteiger partial charge in [0.25, 0.3) is 0 Å². The van der Waals surface area contributed by atoms with E-state index in [-0.39, 0.29) is 5.91 Å². The van der Waals surface area contributed by atoms with Gasteiger partial charge in [-0.05, 0) is 51.0 Å². The van der Waals surface area contributed by atoms with Gasteiger partial charge in [-0.15, -0.1) is 0 Å². The Morgan fingerprint density at radius 1 is 1.26 bits per heavy atom. The average Bonchev–Trinajstić information content (AvgIpc) is 2.88. The Balaban J connectivity index is 2.27. The molecule has 2 aromatic rings. The third-order valence-electron chi connectivity index (χ3n) is 4.58. The second-order valence-electron chi connectivity index (χ2n) is 6.03. The summed E-state index contributed by atoms with van der Waals surface area (Å²) in [4.78, 5) is 12.6. The number of benzene rings is 1. The summed E-state index contributed by atoms with van der Waals surface area (Å²) in [5.74, 6) is -0.0180. The molecule has 5 nitrogen and oxygen atoms in total. The molecule has 0 aliphatic heterocycles. The zero-order chi connectivity index (χ0) is 17.0. The van der Waals surface area contributed by atoms with Crippen LogP contribution >= 0.6 is 0 Å². The van der Waals surface area contributed by atoms with Crippen LogP contribution in [-0.4, -0.2) is 22.2 Å². The van der Waals surface area contributed by atoms with E-state index in [1.165, 1.54) is 0 Å². The van der Waals surface area contributed by atoms with E-state index in [0.29, 0.717) is 6.54 Å². The number of hydrogen-bond acceptors (Lipinski definition) is 3. The second kappa shape index (κ2) is 6.96. The van der Waals surface area contributed by atoms with Crippen molar-refractivity contribution < 1.29 is 4.79 Å². The van der Waals surface area contributed by atoms with Gasteiger partial charge in [-0.1, -0.05) is 19.9 Å². The molecule has 0 bridgehead atoms. The Labute approximate surface area is 137 Å². The SMILES string of the molecule is CCC(CC)(CN)C(=O)Nc1cccc(-n2nc(C)cc2C)c1. The number of nitrogens with one attached hydrogen (secondary N) is 1. The normalized spacial score (nSPS) is 11.5. The van der Waals surface area contributed by atoms with E-state index in [4.69, 9.17) is 5.73 Å². The molecule has 0 fully saturated rings. The van der Waals surface area contributed by atoms with Gasteiger partial charge in [-0.3, -0.25) is 4.79 Å². The van der Waals surface area contributed by atoms with E-state index < -0.39 is 5.41 Å². The topological polar surface area (TPSA) is 72.9 Å². The van der Waals surface area contributed by atoms with Crippen LogP contribution in [0.2, 0.25) is 0 Å². The van der Waals surface area contributed by atoms with Gasteiger partial charge in [0, 0.05) is 17.9 Å². The van der Waals surface area contributed by atoms with Crippen LogP contribution in [0.15, 0.2) is 30.3 Å². The number of nitrogens with zero attached hydrogens (tertiary/aromatic N) is 2. The Kier molecular flexibility index (Phi) is 5.21. The minimum absolute atomic E-state index is 0.0180. The fourth-order valence-corrected chi connectivity index (χ4v) is 2.82. The zero-order valence-corrected chi connectivity index (χ0v) is 14.4. The van der Waals surface area contributed by atoms with Crippen LogP contribution in [0.4, 0.5) is 5.69 Å². The molecule has 0 spiro atoms. The molecule has 1 amide bonds. The summed E-state index contributed by atoms with van der Waals surface area (Å²) in [5.41, 5.74) is 9.07. The van der Waals surface area contributed by atoms with Crippen LogP contribution < -0.4 is 11.1 Å². The van der Waals surface area contributed by atoms with Crippen molar-refractivity contribution in [3.05, 3.63) is 41.7 Å². The molecule has 0 aliphatic rings. The molecular formula is C18H26N4O. The molecule has 0 radical (unpaired) electrons. The molecule has 0 saturated carbocycles. The van der Waals surface area contributed by atoms with Gasteiger partial charge >= 0.3 is 0 Å². The predicted molar refractivity (Wildman–Crippen MR) is 93.7 cm³/mol. The summed E-state index contributed by atoms with van der Waals surface area (Å²) in [6.07, 6.45) is 1.45. The van der Waals surface area contributed by atoms with Crippen molar-refractivity contribution in [1.29, 1.82) is 0 Å². The smallest absolute Gasteiger partial charge is 0.231 e. The predicted octanol–water partition coefficient (Wildman–Crippen LogP) is 3.19. The molecule has 1 aromatic heterocycles. The monoisotopic (exact) mass is 314 g/mol. The number of aromatic nitrogens is 2. The lowest BCUT2D eigenvalue weighted by Gasteiger charge is -2.28. The van der Waals surface area contributed by atoms with Gasteiger partial charge in [0.1, 0.15) is 0 Å². The highest BCUT2D eigenvalue weighted by Crippen LogP contribution is 2.27. The highest BCUT2D eigenvalue weighted by Gasteiger charge is 2.33. The average molecular weight is 314 g/mol. The Hall–Kier alpha value is -2.14. The molecule has 0 aliphatic carbocycles. The number of aryl methyl sites for hydroxylation is 2. The standard InChI is InChI=1S/C18H26N4O/c1-5-18(6-2,12-19)17(23)20-15-8-7-9-16(11-15)22-14(4)10-13(3)21-22/h7-11H,5-6,12,19H2,1-4H3,(H,20,23). The van der Waals surface area contributed by atoms with E-state index in [1.807, 2.05) is 62.7 Å². The van der Waals surface area contributed by atoms with E-state index >= 15 is 0 Å². The third kappa shape index (κ3) is 3.45. The molecule has 5 heteroatoms. The molecule has 2 rings (SSSR count). The first-order chi connectivity index (χ1) is 11.0. The number of hydrogen-bond donors (Lipinski definition) is 2. The minimum Gasteiger partial charge on any atom is -0.329 e. The Morgan fingerprint density at radius 3 is 2.48 bits per heavy atom. The van der Waals surface area contributed by atoms with Crippen LogP contribution in [0, 0.1) is 19.3 Å². The second-order valence-corrected chi connectivity index (χ2v) is 6.03. The molecular weight excluding hydrogens is 288 g/mol. The van der Waals surface area contributed by atoms with Crippen molar-refractivity contribution in [1.82, 2.24) is 9.78 Å². The first kappa shape index (κ1) is 17.2. The fourth-order valence-electron chi connectivity index (χ4n) is 2.82. The van der Waals surface area contributed by atoms with Crippen LogP contribution in [0.5, 0.6) is 0 Å². The number of anilines is 1. The van der Waals surface area contributed by atoms with Crippen molar-refractivity contribution >= 4 is 11.6 Å². The molecule has 3 N–H and O–H groups in total.